The highest BCUT2D eigenvalue weighted by molar-refractivity contribution is 5.97. The molecule has 2 amide bonds. The van der Waals surface area contributed by atoms with Crippen molar-refractivity contribution in [1.29, 1.82) is 0 Å². The molecule has 0 aliphatic carbocycles. The second-order valence-electron chi connectivity index (χ2n) is 8.83. The molecule has 8 heteroatoms. The first-order valence-corrected chi connectivity index (χ1v) is 12.1. The summed E-state index contributed by atoms with van der Waals surface area (Å²) in [5.41, 5.74) is 1.26. The maximum atomic E-state index is 13.0. The van der Waals surface area contributed by atoms with Gasteiger partial charge in [-0.05, 0) is 48.4 Å². The molecule has 1 N–H and O–H groups in total. The predicted octanol–water partition coefficient (Wildman–Crippen LogP) is 3.82. The lowest BCUT2D eigenvalue weighted by Crippen LogP contribution is -2.46. The van der Waals surface area contributed by atoms with Crippen molar-refractivity contribution in [3.05, 3.63) is 96.1 Å². The van der Waals surface area contributed by atoms with Crippen LogP contribution in [0.5, 0.6) is 11.5 Å². The summed E-state index contributed by atoms with van der Waals surface area (Å²) in [6.07, 6.45) is 0.448. The van der Waals surface area contributed by atoms with Gasteiger partial charge in [0.15, 0.2) is 0 Å². The van der Waals surface area contributed by atoms with Crippen molar-refractivity contribution in [2.45, 2.75) is 19.1 Å². The molecule has 8 nitrogen and oxygen atoms in total. The molecular weight excluding hydrogens is 472 g/mol. The van der Waals surface area contributed by atoms with Crippen molar-refractivity contribution >= 4 is 17.8 Å². The highest BCUT2D eigenvalue weighted by Gasteiger charge is 2.40. The van der Waals surface area contributed by atoms with Crippen LogP contribution in [0.2, 0.25) is 0 Å². The summed E-state index contributed by atoms with van der Waals surface area (Å²) in [4.78, 5) is 40.0. The number of likely N-dealkylation sites (tertiary alicyclic amines) is 1. The average Bonchev–Trinajstić information content (AvgIpc) is 3.36. The molecule has 1 fully saturated rings. The van der Waals surface area contributed by atoms with Gasteiger partial charge in [0.05, 0.1) is 13.2 Å². The van der Waals surface area contributed by atoms with E-state index in [1.165, 1.54) is 4.90 Å². The number of benzene rings is 3. The van der Waals surface area contributed by atoms with E-state index in [9.17, 15) is 14.4 Å². The number of carbonyl (C=O) groups excluding carboxylic acids is 3. The lowest BCUT2D eigenvalue weighted by atomic mass is 10.1. The van der Waals surface area contributed by atoms with Crippen molar-refractivity contribution in [3.8, 4) is 11.5 Å². The smallest absolute Gasteiger partial charge is 0.329 e. The zero-order valence-corrected chi connectivity index (χ0v) is 20.7. The maximum absolute atomic E-state index is 13.0. The van der Waals surface area contributed by atoms with Gasteiger partial charge in [0.1, 0.15) is 24.1 Å². The van der Waals surface area contributed by atoms with E-state index >= 15 is 0 Å². The van der Waals surface area contributed by atoms with Crippen molar-refractivity contribution in [1.82, 2.24) is 10.2 Å². The number of hydrogen-bond donors (Lipinski definition) is 1. The number of para-hydroxylation sites is 1. The molecule has 0 spiro atoms. The normalized spacial score (nSPS) is 16.7. The van der Waals surface area contributed by atoms with E-state index in [0.717, 1.165) is 5.56 Å². The van der Waals surface area contributed by atoms with E-state index in [0.29, 0.717) is 36.6 Å². The lowest BCUT2D eigenvalue weighted by Gasteiger charge is -2.23. The SMILES string of the molecule is COC[C@H]1C[C@@H](C(=O)OCc2ccccc2)N(C(=O)CNC(=O)c2ccc(Oc3ccccc3)cc2)C1. The summed E-state index contributed by atoms with van der Waals surface area (Å²) in [5.74, 6) is 0.0943. The van der Waals surface area contributed by atoms with Gasteiger partial charge in [-0.3, -0.25) is 9.59 Å². The van der Waals surface area contributed by atoms with Crippen molar-refractivity contribution in [2.75, 3.05) is 26.8 Å². The Morgan fingerprint density at radius 1 is 0.892 bits per heavy atom. The Balaban J connectivity index is 1.32. The fourth-order valence-corrected chi connectivity index (χ4v) is 4.26. The Bertz CT molecular complexity index is 1180. The van der Waals surface area contributed by atoms with Crippen molar-refractivity contribution < 1.29 is 28.6 Å². The van der Waals surface area contributed by atoms with Crippen LogP contribution in [0.4, 0.5) is 0 Å². The standard InChI is InChI=1S/C29H30N2O6/c1-35-19-22-16-26(29(34)36-20-21-8-4-2-5-9-21)31(18-22)27(32)17-30-28(33)23-12-14-25(15-13-23)37-24-10-6-3-7-11-24/h2-15,22,26H,16-20H2,1H3,(H,30,33)/t22-,26-/m0/s1. The third-order valence-corrected chi connectivity index (χ3v) is 6.10. The minimum atomic E-state index is -0.720. The molecule has 4 rings (SSSR count). The van der Waals surface area contributed by atoms with Gasteiger partial charge in [-0.2, -0.15) is 0 Å². The number of amides is 2. The number of nitrogens with zero attached hydrogens (tertiary/aromatic N) is 1. The van der Waals surface area contributed by atoms with Gasteiger partial charge >= 0.3 is 5.97 Å². The van der Waals surface area contributed by atoms with Crippen LogP contribution in [0.3, 0.4) is 0 Å². The Morgan fingerprint density at radius 2 is 1.54 bits per heavy atom. The van der Waals surface area contributed by atoms with Crippen LogP contribution in [0.25, 0.3) is 0 Å². The summed E-state index contributed by atoms with van der Waals surface area (Å²) in [7, 11) is 1.59. The monoisotopic (exact) mass is 502 g/mol. The fourth-order valence-electron chi connectivity index (χ4n) is 4.26. The molecule has 1 aliphatic heterocycles. The van der Waals surface area contributed by atoms with E-state index < -0.39 is 17.9 Å². The molecule has 1 saturated heterocycles. The Kier molecular flexibility index (Phi) is 8.89. The zero-order valence-electron chi connectivity index (χ0n) is 20.7. The Labute approximate surface area is 216 Å². The molecule has 1 aliphatic rings. The third kappa shape index (κ3) is 7.17. The number of ether oxygens (including phenoxy) is 3. The van der Waals surface area contributed by atoms with Crippen molar-refractivity contribution in [2.24, 2.45) is 5.92 Å². The molecule has 1 heterocycles. The van der Waals surface area contributed by atoms with Crippen LogP contribution in [0.1, 0.15) is 22.3 Å². The number of hydrogen-bond acceptors (Lipinski definition) is 6. The molecule has 0 radical (unpaired) electrons. The van der Waals surface area contributed by atoms with Crippen LogP contribution < -0.4 is 10.1 Å². The van der Waals surface area contributed by atoms with Crippen LogP contribution >= 0.6 is 0 Å². The van der Waals surface area contributed by atoms with Gasteiger partial charge < -0.3 is 24.4 Å². The van der Waals surface area contributed by atoms with E-state index in [1.54, 1.807) is 31.4 Å². The summed E-state index contributed by atoms with van der Waals surface area (Å²) >= 11 is 0. The zero-order chi connectivity index (χ0) is 26.0. The largest absolute Gasteiger partial charge is 0.459 e. The molecule has 2 atom stereocenters. The predicted molar refractivity (Wildman–Crippen MR) is 137 cm³/mol. The average molecular weight is 503 g/mol. The van der Waals surface area contributed by atoms with E-state index in [-0.39, 0.29) is 25.0 Å². The topological polar surface area (TPSA) is 94.2 Å². The first-order valence-electron chi connectivity index (χ1n) is 12.1. The van der Waals surface area contributed by atoms with Crippen molar-refractivity contribution in [3.63, 3.8) is 0 Å². The number of methoxy groups -OCH3 is 1. The fraction of sp³-hybridized carbons (Fsp3) is 0.276. The van der Waals surface area contributed by atoms with Gasteiger partial charge in [0.2, 0.25) is 5.91 Å². The quantitative estimate of drug-likeness (QED) is 0.424. The molecule has 0 saturated carbocycles. The maximum Gasteiger partial charge on any atom is 0.329 e. The Hall–Kier alpha value is -4.17. The van der Waals surface area contributed by atoms with Gasteiger partial charge in [-0.25, -0.2) is 4.79 Å². The molecule has 192 valence electrons. The van der Waals surface area contributed by atoms with Gasteiger partial charge in [0, 0.05) is 25.1 Å². The summed E-state index contributed by atoms with van der Waals surface area (Å²) < 4.78 is 16.5. The first-order chi connectivity index (χ1) is 18.0. The molecule has 0 aromatic heterocycles. The Morgan fingerprint density at radius 3 is 2.22 bits per heavy atom. The minimum absolute atomic E-state index is 0.0103. The number of nitrogens with one attached hydrogen (secondary N) is 1. The van der Waals surface area contributed by atoms with Gasteiger partial charge in [0.25, 0.3) is 5.91 Å². The summed E-state index contributed by atoms with van der Waals surface area (Å²) in [5, 5.41) is 2.65. The second kappa shape index (κ2) is 12.7. The first kappa shape index (κ1) is 25.9. The number of rotatable bonds is 10. The minimum Gasteiger partial charge on any atom is -0.459 e. The molecular formula is C29H30N2O6. The highest BCUT2D eigenvalue weighted by Crippen LogP contribution is 2.25. The second-order valence-corrected chi connectivity index (χ2v) is 8.83. The molecule has 37 heavy (non-hydrogen) atoms. The highest BCUT2D eigenvalue weighted by atomic mass is 16.5. The van der Waals surface area contributed by atoms with E-state index in [1.807, 2.05) is 60.7 Å². The lowest BCUT2D eigenvalue weighted by molar-refractivity contribution is -0.154. The van der Waals surface area contributed by atoms with Crippen LogP contribution in [0.15, 0.2) is 84.9 Å². The van der Waals surface area contributed by atoms with Crippen LogP contribution in [-0.2, 0) is 25.7 Å². The van der Waals surface area contributed by atoms with Crippen LogP contribution in [-0.4, -0.2) is 55.5 Å². The van der Waals surface area contributed by atoms with Crippen LogP contribution in [0, 0.1) is 5.92 Å². The summed E-state index contributed by atoms with van der Waals surface area (Å²) in [6, 6.07) is 24.6. The van der Waals surface area contributed by atoms with E-state index in [4.69, 9.17) is 14.2 Å². The third-order valence-electron chi connectivity index (χ3n) is 6.10. The molecule has 0 unspecified atom stereocenters. The van der Waals surface area contributed by atoms with E-state index in [2.05, 4.69) is 5.32 Å². The van der Waals surface area contributed by atoms with Gasteiger partial charge in [-0.15, -0.1) is 0 Å². The molecule has 0 bridgehead atoms. The molecule has 3 aromatic carbocycles. The number of esters is 1. The summed E-state index contributed by atoms with van der Waals surface area (Å²) in [6.45, 7) is 0.687. The number of carbonyl (C=O) groups is 3. The van der Waals surface area contributed by atoms with Gasteiger partial charge in [-0.1, -0.05) is 48.5 Å². The molecule has 3 aromatic rings.